The van der Waals surface area contributed by atoms with Gasteiger partial charge < -0.3 is 14.6 Å². The van der Waals surface area contributed by atoms with Crippen LogP contribution in [0.2, 0.25) is 0 Å². The quantitative estimate of drug-likeness (QED) is 0.580. The molecule has 1 unspecified atom stereocenters. The molecule has 1 atom stereocenters. The lowest BCUT2D eigenvalue weighted by Crippen LogP contribution is -2.18. The van der Waals surface area contributed by atoms with Crippen molar-refractivity contribution in [3.63, 3.8) is 0 Å². The number of aromatic hydroxyl groups is 1. The van der Waals surface area contributed by atoms with E-state index in [2.05, 4.69) is 0 Å². The summed E-state index contributed by atoms with van der Waals surface area (Å²) in [7, 11) is 0. The summed E-state index contributed by atoms with van der Waals surface area (Å²) in [6.45, 7) is 5.26. The van der Waals surface area contributed by atoms with E-state index in [-0.39, 0.29) is 24.2 Å². The van der Waals surface area contributed by atoms with Gasteiger partial charge in [0, 0.05) is 6.61 Å². The van der Waals surface area contributed by atoms with Gasteiger partial charge in [-0.1, -0.05) is 25.5 Å². The molecular formula is C15H22O4. The normalized spacial score (nSPS) is 12.1. The molecule has 0 bridgehead atoms. The van der Waals surface area contributed by atoms with Crippen LogP contribution in [0.5, 0.6) is 5.75 Å². The summed E-state index contributed by atoms with van der Waals surface area (Å²) in [5.74, 6) is -0.303. The van der Waals surface area contributed by atoms with Crippen LogP contribution in [0.15, 0.2) is 24.3 Å². The van der Waals surface area contributed by atoms with Gasteiger partial charge in [0.2, 0.25) is 0 Å². The largest absolute Gasteiger partial charge is 0.508 e. The van der Waals surface area contributed by atoms with Gasteiger partial charge in [-0.3, -0.25) is 4.79 Å². The average Bonchev–Trinajstić information content (AvgIpc) is 2.42. The van der Waals surface area contributed by atoms with Crippen molar-refractivity contribution < 1.29 is 19.4 Å². The molecule has 0 amide bonds. The molecule has 0 saturated carbocycles. The summed E-state index contributed by atoms with van der Waals surface area (Å²) in [5.41, 5.74) is 0.876. The number of ether oxygens (including phenoxy) is 2. The highest BCUT2D eigenvalue weighted by atomic mass is 16.6. The van der Waals surface area contributed by atoms with Gasteiger partial charge >= 0.3 is 5.97 Å². The number of hydrogen-bond acceptors (Lipinski definition) is 4. The van der Waals surface area contributed by atoms with Crippen LogP contribution in [-0.4, -0.2) is 30.9 Å². The molecule has 0 heterocycles. The highest BCUT2D eigenvalue weighted by Gasteiger charge is 2.21. The molecule has 0 fully saturated rings. The molecule has 0 aliphatic rings. The number of phenolic OH excluding ortho intramolecular Hbond substituents is 1. The number of carbonyl (C=O) groups is 1. The predicted octanol–water partition coefficient (Wildman–Crippen LogP) is 2.86. The number of benzene rings is 1. The standard InChI is InChI=1S/C15H22O4/c1-3-5-14(12-6-8-13(16)9-7-12)15(17)19-11-10-18-4-2/h6-9,14,16H,3-5,10-11H2,1-2H3. The van der Waals surface area contributed by atoms with Gasteiger partial charge in [0.05, 0.1) is 12.5 Å². The van der Waals surface area contributed by atoms with E-state index in [4.69, 9.17) is 9.47 Å². The molecule has 0 spiro atoms. The Morgan fingerprint density at radius 2 is 1.89 bits per heavy atom. The van der Waals surface area contributed by atoms with Crippen molar-refractivity contribution in [2.24, 2.45) is 0 Å². The Hall–Kier alpha value is -1.55. The zero-order valence-corrected chi connectivity index (χ0v) is 11.6. The lowest BCUT2D eigenvalue weighted by atomic mass is 9.94. The number of phenols is 1. The van der Waals surface area contributed by atoms with E-state index in [1.807, 2.05) is 13.8 Å². The van der Waals surface area contributed by atoms with Crippen LogP contribution in [0.4, 0.5) is 0 Å². The maximum absolute atomic E-state index is 12.0. The van der Waals surface area contributed by atoms with Crippen LogP contribution in [0.25, 0.3) is 0 Å². The molecule has 0 saturated heterocycles. The average molecular weight is 266 g/mol. The van der Waals surface area contributed by atoms with E-state index >= 15 is 0 Å². The van der Waals surface area contributed by atoms with Gasteiger partial charge in [0.1, 0.15) is 12.4 Å². The third kappa shape index (κ3) is 5.30. The molecule has 4 heteroatoms. The first-order valence-electron chi connectivity index (χ1n) is 6.72. The first-order chi connectivity index (χ1) is 9.19. The van der Waals surface area contributed by atoms with Gasteiger partial charge in [-0.05, 0) is 31.0 Å². The molecule has 0 radical (unpaired) electrons. The monoisotopic (exact) mass is 266 g/mol. The SMILES string of the molecule is CCCC(C(=O)OCCOCC)c1ccc(O)cc1. The fourth-order valence-electron chi connectivity index (χ4n) is 1.86. The maximum atomic E-state index is 12.0. The lowest BCUT2D eigenvalue weighted by Gasteiger charge is -2.15. The van der Waals surface area contributed by atoms with E-state index < -0.39 is 0 Å². The first kappa shape index (κ1) is 15.5. The second-order valence-corrected chi connectivity index (χ2v) is 4.30. The zero-order valence-electron chi connectivity index (χ0n) is 11.6. The molecule has 0 aliphatic carbocycles. The topological polar surface area (TPSA) is 55.8 Å². The molecule has 0 aliphatic heterocycles. The molecule has 4 nitrogen and oxygen atoms in total. The van der Waals surface area contributed by atoms with E-state index in [9.17, 15) is 9.90 Å². The highest BCUT2D eigenvalue weighted by Crippen LogP contribution is 2.24. The van der Waals surface area contributed by atoms with E-state index in [0.717, 1.165) is 18.4 Å². The molecule has 1 aromatic rings. The van der Waals surface area contributed by atoms with Crippen LogP contribution >= 0.6 is 0 Å². The fraction of sp³-hybridized carbons (Fsp3) is 0.533. The van der Waals surface area contributed by atoms with Crippen LogP contribution in [0, 0.1) is 0 Å². The van der Waals surface area contributed by atoms with Crippen molar-refractivity contribution in [1.29, 1.82) is 0 Å². The first-order valence-corrected chi connectivity index (χ1v) is 6.72. The van der Waals surface area contributed by atoms with E-state index in [0.29, 0.717) is 13.2 Å². The second-order valence-electron chi connectivity index (χ2n) is 4.30. The van der Waals surface area contributed by atoms with E-state index in [1.54, 1.807) is 24.3 Å². The smallest absolute Gasteiger partial charge is 0.313 e. The Bertz CT molecular complexity index is 372. The highest BCUT2D eigenvalue weighted by molar-refractivity contribution is 5.78. The van der Waals surface area contributed by atoms with Crippen LogP contribution in [0.1, 0.15) is 38.2 Å². The molecule has 106 valence electrons. The molecule has 19 heavy (non-hydrogen) atoms. The third-order valence-electron chi connectivity index (χ3n) is 2.83. The molecular weight excluding hydrogens is 244 g/mol. The van der Waals surface area contributed by atoms with Gasteiger partial charge in [0.25, 0.3) is 0 Å². The summed E-state index contributed by atoms with van der Waals surface area (Å²) in [5, 5.41) is 9.27. The van der Waals surface area contributed by atoms with Crippen molar-refractivity contribution in [3.05, 3.63) is 29.8 Å². The van der Waals surface area contributed by atoms with Gasteiger partial charge in [-0.15, -0.1) is 0 Å². The minimum absolute atomic E-state index is 0.198. The van der Waals surface area contributed by atoms with Crippen LogP contribution in [-0.2, 0) is 14.3 Å². The van der Waals surface area contributed by atoms with Crippen molar-refractivity contribution >= 4 is 5.97 Å². The van der Waals surface area contributed by atoms with Crippen molar-refractivity contribution in [2.45, 2.75) is 32.6 Å². The Labute approximate surface area is 114 Å². The number of rotatable bonds is 8. The van der Waals surface area contributed by atoms with Crippen molar-refractivity contribution in [1.82, 2.24) is 0 Å². The summed E-state index contributed by atoms with van der Waals surface area (Å²) in [6.07, 6.45) is 1.63. The van der Waals surface area contributed by atoms with Crippen molar-refractivity contribution in [3.8, 4) is 5.75 Å². The van der Waals surface area contributed by atoms with Crippen LogP contribution < -0.4 is 0 Å². The second kappa shape index (κ2) is 8.53. The van der Waals surface area contributed by atoms with Crippen LogP contribution in [0.3, 0.4) is 0 Å². The fourth-order valence-corrected chi connectivity index (χ4v) is 1.86. The Balaban J connectivity index is 2.60. The van der Waals surface area contributed by atoms with Gasteiger partial charge in [-0.25, -0.2) is 0 Å². The molecule has 0 aromatic heterocycles. The lowest BCUT2D eigenvalue weighted by molar-refractivity contribution is -0.147. The Morgan fingerprint density at radius 3 is 2.47 bits per heavy atom. The molecule has 1 rings (SSSR count). The number of esters is 1. The Kier molecular flexibility index (Phi) is 6.97. The predicted molar refractivity (Wildman–Crippen MR) is 73.2 cm³/mol. The molecule has 1 N–H and O–H groups in total. The zero-order chi connectivity index (χ0) is 14.1. The minimum atomic E-state index is -0.271. The number of carbonyl (C=O) groups excluding carboxylic acids is 1. The van der Waals surface area contributed by atoms with E-state index in [1.165, 1.54) is 0 Å². The third-order valence-corrected chi connectivity index (χ3v) is 2.83. The summed E-state index contributed by atoms with van der Waals surface area (Å²) < 4.78 is 10.4. The Morgan fingerprint density at radius 1 is 1.21 bits per heavy atom. The van der Waals surface area contributed by atoms with Crippen molar-refractivity contribution in [2.75, 3.05) is 19.8 Å². The number of hydrogen-bond donors (Lipinski definition) is 1. The summed E-state index contributed by atoms with van der Waals surface area (Å²) in [4.78, 5) is 12.0. The minimum Gasteiger partial charge on any atom is -0.508 e. The van der Waals surface area contributed by atoms with Gasteiger partial charge in [-0.2, -0.15) is 0 Å². The maximum Gasteiger partial charge on any atom is 0.313 e. The molecule has 1 aromatic carbocycles. The summed E-state index contributed by atoms with van der Waals surface area (Å²) in [6, 6.07) is 6.70. The van der Waals surface area contributed by atoms with Gasteiger partial charge in [0.15, 0.2) is 0 Å². The summed E-state index contributed by atoms with van der Waals surface area (Å²) >= 11 is 0.